The maximum absolute atomic E-state index is 11.7. The number of amides is 1. The number of rotatable bonds is 4. The Kier molecular flexibility index (Phi) is 4.18. The molecule has 1 fully saturated rings. The second kappa shape index (κ2) is 5.84. The lowest BCUT2D eigenvalue weighted by atomic mass is 9.81. The first-order chi connectivity index (χ1) is 8.29. The number of carbonyl (C=O) groups excluding carboxylic acids is 1. The van der Waals surface area contributed by atoms with Gasteiger partial charge in [0, 0.05) is 12.7 Å². The number of carbonyl (C=O) groups is 1. The first-order valence-electron chi connectivity index (χ1n) is 6.56. The Balaban J connectivity index is 1.71. The van der Waals surface area contributed by atoms with E-state index >= 15 is 0 Å². The van der Waals surface area contributed by atoms with Crippen LogP contribution in [-0.4, -0.2) is 22.6 Å². The zero-order valence-corrected chi connectivity index (χ0v) is 10.4. The fraction of sp³-hybridized carbons (Fsp3) is 0.692. The van der Waals surface area contributed by atoms with Gasteiger partial charge in [0.1, 0.15) is 0 Å². The third-order valence-corrected chi connectivity index (χ3v) is 3.86. The number of hydrogen-bond donors (Lipinski definition) is 2. The van der Waals surface area contributed by atoms with E-state index in [1.165, 1.54) is 32.1 Å². The molecule has 0 bridgehead atoms. The molecule has 2 rings (SSSR count). The second-order valence-corrected chi connectivity index (χ2v) is 4.99. The maximum atomic E-state index is 11.7. The molecule has 1 heterocycles. The smallest absolute Gasteiger partial charge is 0.254 e. The number of H-pyrrole nitrogens is 1. The van der Waals surface area contributed by atoms with Crippen molar-refractivity contribution in [2.75, 3.05) is 6.54 Å². The molecule has 1 aromatic heterocycles. The van der Waals surface area contributed by atoms with Gasteiger partial charge in [0.2, 0.25) is 0 Å². The van der Waals surface area contributed by atoms with E-state index in [2.05, 4.69) is 22.4 Å². The summed E-state index contributed by atoms with van der Waals surface area (Å²) < 4.78 is 0. The molecule has 0 atom stereocenters. The fourth-order valence-electron chi connectivity index (χ4n) is 2.56. The van der Waals surface area contributed by atoms with Gasteiger partial charge in [0.15, 0.2) is 0 Å². The lowest BCUT2D eigenvalue weighted by molar-refractivity contribution is 0.0941. The van der Waals surface area contributed by atoms with Crippen LogP contribution in [0.4, 0.5) is 0 Å². The van der Waals surface area contributed by atoms with E-state index in [0.717, 1.165) is 12.5 Å². The highest BCUT2D eigenvalue weighted by molar-refractivity contribution is 5.93. The van der Waals surface area contributed by atoms with Crippen molar-refractivity contribution in [2.24, 2.45) is 11.8 Å². The van der Waals surface area contributed by atoms with Crippen LogP contribution in [0.25, 0.3) is 0 Å². The molecule has 94 valence electrons. The van der Waals surface area contributed by atoms with Gasteiger partial charge in [-0.05, 0) is 24.7 Å². The molecule has 0 saturated heterocycles. The molecule has 0 spiro atoms. The van der Waals surface area contributed by atoms with Gasteiger partial charge in [0.05, 0.1) is 11.8 Å². The molecule has 2 N–H and O–H groups in total. The molecule has 1 aromatic rings. The van der Waals surface area contributed by atoms with Gasteiger partial charge in [-0.3, -0.25) is 9.89 Å². The SMILES string of the molecule is CCC1CCC(CNC(=O)c2cn[nH]c2)CC1. The van der Waals surface area contributed by atoms with Crippen molar-refractivity contribution in [2.45, 2.75) is 39.0 Å². The van der Waals surface area contributed by atoms with Crippen LogP contribution in [0.2, 0.25) is 0 Å². The first-order valence-corrected chi connectivity index (χ1v) is 6.56. The largest absolute Gasteiger partial charge is 0.352 e. The first kappa shape index (κ1) is 12.1. The summed E-state index contributed by atoms with van der Waals surface area (Å²) in [5.74, 6) is 1.56. The van der Waals surface area contributed by atoms with Crippen LogP contribution >= 0.6 is 0 Å². The van der Waals surface area contributed by atoms with Gasteiger partial charge in [-0.25, -0.2) is 0 Å². The summed E-state index contributed by atoms with van der Waals surface area (Å²) in [6, 6.07) is 0. The van der Waals surface area contributed by atoms with Gasteiger partial charge in [-0.1, -0.05) is 26.2 Å². The third kappa shape index (κ3) is 3.32. The molecule has 1 aliphatic rings. The van der Waals surface area contributed by atoms with Crippen LogP contribution in [0, 0.1) is 11.8 Å². The number of aromatic amines is 1. The van der Waals surface area contributed by atoms with Crippen molar-refractivity contribution in [1.82, 2.24) is 15.5 Å². The number of hydrogen-bond acceptors (Lipinski definition) is 2. The molecule has 0 aliphatic heterocycles. The lowest BCUT2D eigenvalue weighted by Crippen LogP contribution is -2.31. The van der Waals surface area contributed by atoms with E-state index in [0.29, 0.717) is 11.5 Å². The topological polar surface area (TPSA) is 57.8 Å². The van der Waals surface area contributed by atoms with E-state index in [1.54, 1.807) is 12.4 Å². The summed E-state index contributed by atoms with van der Waals surface area (Å²) in [4.78, 5) is 11.7. The van der Waals surface area contributed by atoms with Crippen LogP contribution in [0.3, 0.4) is 0 Å². The Morgan fingerprint density at radius 2 is 2.12 bits per heavy atom. The molecular formula is C13H21N3O. The predicted octanol–water partition coefficient (Wildman–Crippen LogP) is 2.36. The van der Waals surface area contributed by atoms with Crippen molar-refractivity contribution >= 4 is 5.91 Å². The third-order valence-electron chi connectivity index (χ3n) is 3.86. The molecule has 0 aromatic carbocycles. The van der Waals surface area contributed by atoms with E-state index in [9.17, 15) is 4.79 Å². The zero-order chi connectivity index (χ0) is 12.1. The Hall–Kier alpha value is -1.32. The normalized spacial score (nSPS) is 24.5. The van der Waals surface area contributed by atoms with Crippen LogP contribution in [0.5, 0.6) is 0 Å². The van der Waals surface area contributed by atoms with E-state index in [1.807, 2.05) is 0 Å². The highest BCUT2D eigenvalue weighted by Crippen LogP contribution is 2.30. The molecular weight excluding hydrogens is 214 g/mol. The minimum absolute atomic E-state index is 0.0173. The van der Waals surface area contributed by atoms with Gasteiger partial charge in [-0.15, -0.1) is 0 Å². The Morgan fingerprint density at radius 3 is 2.71 bits per heavy atom. The van der Waals surface area contributed by atoms with Gasteiger partial charge >= 0.3 is 0 Å². The summed E-state index contributed by atoms with van der Waals surface area (Å²) >= 11 is 0. The molecule has 4 nitrogen and oxygen atoms in total. The van der Waals surface area contributed by atoms with Crippen molar-refractivity contribution in [3.05, 3.63) is 18.0 Å². The fourth-order valence-corrected chi connectivity index (χ4v) is 2.56. The molecule has 0 unspecified atom stereocenters. The van der Waals surface area contributed by atoms with Crippen molar-refractivity contribution in [1.29, 1.82) is 0 Å². The van der Waals surface area contributed by atoms with Gasteiger partial charge in [-0.2, -0.15) is 5.10 Å². The Morgan fingerprint density at radius 1 is 1.41 bits per heavy atom. The van der Waals surface area contributed by atoms with E-state index in [-0.39, 0.29) is 5.91 Å². The van der Waals surface area contributed by atoms with Crippen LogP contribution in [-0.2, 0) is 0 Å². The summed E-state index contributed by atoms with van der Waals surface area (Å²) in [6.07, 6.45) is 9.64. The molecule has 4 heteroatoms. The Labute approximate surface area is 102 Å². The monoisotopic (exact) mass is 235 g/mol. The zero-order valence-electron chi connectivity index (χ0n) is 10.4. The highest BCUT2D eigenvalue weighted by atomic mass is 16.1. The maximum Gasteiger partial charge on any atom is 0.254 e. The summed E-state index contributed by atoms with van der Waals surface area (Å²) in [5.41, 5.74) is 0.618. The molecule has 1 saturated carbocycles. The van der Waals surface area contributed by atoms with E-state index in [4.69, 9.17) is 0 Å². The minimum Gasteiger partial charge on any atom is -0.352 e. The van der Waals surface area contributed by atoms with Crippen LogP contribution < -0.4 is 5.32 Å². The highest BCUT2D eigenvalue weighted by Gasteiger charge is 2.20. The average Bonchev–Trinajstić information content (AvgIpc) is 2.90. The quantitative estimate of drug-likeness (QED) is 0.841. The Bertz CT molecular complexity index is 340. The molecule has 1 amide bonds. The number of nitrogens with one attached hydrogen (secondary N) is 2. The molecule has 17 heavy (non-hydrogen) atoms. The lowest BCUT2D eigenvalue weighted by Gasteiger charge is -2.27. The van der Waals surface area contributed by atoms with Crippen molar-refractivity contribution in [3.8, 4) is 0 Å². The molecule has 1 aliphatic carbocycles. The van der Waals surface area contributed by atoms with Crippen molar-refractivity contribution in [3.63, 3.8) is 0 Å². The molecule has 0 radical (unpaired) electrons. The minimum atomic E-state index is -0.0173. The van der Waals surface area contributed by atoms with Gasteiger partial charge < -0.3 is 5.32 Å². The summed E-state index contributed by atoms with van der Waals surface area (Å²) in [6.45, 7) is 3.08. The van der Waals surface area contributed by atoms with Crippen LogP contribution in [0.1, 0.15) is 49.4 Å². The average molecular weight is 235 g/mol. The summed E-state index contributed by atoms with van der Waals surface area (Å²) in [7, 11) is 0. The second-order valence-electron chi connectivity index (χ2n) is 4.99. The van der Waals surface area contributed by atoms with E-state index < -0.39 is 0 Å². The van der Waals surface area contributed by atoms with Crippen molar-refractivity contribution < 1.29 is 4.79 Å². The standard InChI is InChI=1S/C13H21N3O/c1-2-10-3-5-11(6-4-10)7-14-13(17)12-8-15-16-9-12/h8-11H,2-7H2,1H3,(H,14,17)(H,15,16). The van der Waals surface area contributed by atoms with Crippen LogP contribution in [0.15, 0.2) is 12.4 Å². The number of aromatic nitrogens is 2. The van der Waals surface area contributed by atoms with Gasteiger partial charge in [0.25, 0.3) is 5.91 Å². The number of nitrogens with zero attached hydrogens (tertiary/aromatic N) is 1. The predicted molar refractivity (Wildman–Crippen MR) is 66.7 cm³/mol. The summed E-state index contributed by atoms with van der Waals surface area (Å²) in [5, 5.41) is 9.41.